The van der Waals surface area contributed by atoms with Crippen LogP contribution in [-0.2, 0) is 6.54 Å². The highest BCUT2D eigenvalue weighted by molar-refractivity contribution is 5.94. The van der Waals surface area contributed by atoms with E-state index in [4.69, 9.17) is 4.74 Å². The molecule has 3 rings (SSSR count). The topological polar surface area (TPSA) is 32.8 Å². The normalized spacial score (nSPS) is 15.8. The van der Waals surface area contributed by atoms with E-state index in [-0.39, 0.29) is 5.78 Å². The highest BCUT2D eigenvalue weighted by Crippen LogP contribution is 2.23. The number of carbonyl (C=O) groups is 1. The lowest BCUT2D eigenvalue weighted by atomic mass is 10.1. The van der Waals surface area contributed by atoms with Gasteiger partial charge in [0.2, 0.25) is 0 Å². The number of benzene rings is 2. The number of Topliss-reactive ketones (excluding diaryl/α,β-unsaturated/α-hetero) is 1. The first kappa shape index (κ1) is 20.3. The van der Waals surface area contributed by atoms with Gasteiger partial charge in [-0.15, -0.1) is 0 Å². The predicted molar refractivity (Wildman–Crippen MR) is 115 cm³/mol. The molecule has 1 aliphatic rings. The van der Waals surface area contributed by atoms with Crippen molar-refractivity contribution in [3.05, 3.63) is 71.3 Å². The zero-order chi connectivity index (χ0) is 19.8. The van der Waals surface area contributed by atoms with Crippen LogP contribution in [0.3, 0.4) is 0 Å². The Morgan fingerprint density at radius 3 is 2.43 bits per heavy atom. The first-order chi connectivity index (χ1) is 13.7. The second-order valence-corrected chi connectivity index (χ2v) is 7.20. The van der Waals surface area contributed by atoms with E-state index in [2.05, 4.69) is 46.2 Å². The molecule has 0 unspecified atom stereocenters. The minimum Gasteiger partial charge on any atom is -0.494 e. The summed E-state index contributed by atoms with van der Waals surface area (Å²) in [7, 11) is 0. The van der Waals surface area contributed by atoms with E-state index < -0.39 is 0 Å². The van der Waals surface area contributed by atoms with Gasteiger partial charge in [0.05, 0.1) is 6.61 Å². The zero-order valence-electron chi connectivity index (χ0n) is 16.9. The average molecular weight is 379 g/mol. The van der Waals surface area contributed by atoms with Gasteiger partial charge < -0.3 is 4.74 Å². The molecule has 2 aromatic carbocycles. The summed E-state index contributed by atoms with van der Waals surface area (Å²) in [6.07, 6.45) is 4.43. The number of hydrogen-bond donors (Lipinski definition) is 0. The van der Waals surface area contributed by atoms with Crippen molar-refractivity contribution in [2.75, 3.05) is 39.3 Å². The molecule has 1 aliphatic heterocycles. The molecule has 1 saturated heterocycles. The summed E-state index contributed by atoms with van der Waals surface area (Å²) in [5, 5.41) is 0. The van der Waals surface area contributed by atoms with Gasteiger partial charge in [-0.25, -0.2) is 0 Å². The van der Waals surface area contributed by atoms with Crippen LogP contribution < -0.4 is 4.74 Å². The maximum atomic E-state index is 11.7. The van der Waals surface area contributed by atoms with Gasteiger partial charge in [-0.1, -0.05) is 42.5 Å². The Hall–Kier alpha value is -2.43. The minimum absolute atomic E-state index is 0.0966. The van der Waals surface area contributed by atoms with Gasteiger partial charge in [0.1, 0.15) is 5.75 Å². The molecule has 2 aromatic rings. The highest BCUT2D eigenvalue weighted by atomic mass is 16.5. The Morgan fingerprint density at radius 2 is 1.75 bits per heavy atom. The van der Waals surface area contributed by atoms with Crippen LogP contribution in [-0.4, -0.2) is 54.9 Å². The van der Waals surface area contributed by atoms with Gasteiger partial charge >= 0.3 is 0 Å². The number of hydrogen-bond acceptors (Lipinski definition) is 4. The molecule has 0 aromatic heterocycles. The van der Waals surface area contributed by atoms with E-state index in [0.717, 1.165) is 56.1 Å². The quantitative estimate of drug-likeness (QED) is 0.647. The monoisotopic (exact) mass is 378 g/mol. The standard InChI is InChI=1S/C24H30N2O2/c1-3-28-24-12-11-22(20(2)27)18-23(24)19-26-16-14-25(15-17-26)13-7-10-21-8-5-4-6-9-21/h4-12,18H,3,13-17,19H2,1-2H3/b10-7+. The van der Waals surface area contributed by atoms with Crippen molar-refractivity contribution < 1.29 is 9.53 Å². The molecule has 1 fully saturated rings. The van der Waals surface area contributed by atoms with Crippen LogP contribution >= 0.6 is 0 Å². The van der Waals surface area contributed by atoms with Crippen molar-refractivity contribution in [3.8, 4) is 5.75 Å². The number of ether oxygens (including phenoxy) is 1. The third-order valence-electron chi connectivity index (χ3n) is 5.10. The van der Waals surface area contributed by atoms with E-state index >= 15 is 0 Å². The van der Waals surface area contributed by atoms with Gasteiger partial charge in [0, 0.05) is 50.4 Å². The summed E-state index contributed by atoms with van der Waals surface area (Å²) in [5.41, 5.74) is 3.10. The lowest BCUT2D eigenvalue weighted by Crippen LogP contribution is -2.45. The average Bonchev–Trinajstić information content (AvgIpc) is 2.71. The number of rotatable bonds is 8. The van der Waals surface area contributed by atoms with Crippen LogP contribution in [0.5, 0.6) is 5.75 Å². The molecule has 0 spiro atoms. The summed E-state index contributed by atoms with van der Waals surface area (Å²) in [6, 6.07) is 16.2. The Morgan fingerprint density at radius 1 is 1.04 bits per heavy atom. The first-order valence-corrected chi connectivity index (χ1v) is 10.1. The summed E-state index contributed by atoms with van der Waals surface area (Å²) < 4.78 is 5.77. The van der Waals surface area contributed by atoms with Crippen molar-refractivity contribution >= 4 is 11.9 Å². The molecule has 0 amide bonds. The Labute approximate surface area is 168 Å². The summed E-state index contributed by atoms with van der Waals surface area (Å²) in [5.74, 6) is 0.986. The van der Waals surface area contributed by atoms with Crippen molar-refractivity contribution in [1.82, 2.24) is 9.80 Å². The van der Waals surface area contributed by atoms with Gasteiger partial charge in [0.25, 0.3) is 0 Å². The van der Waals surface area contributed by atoms with Crippen LogP contribution in [0.2, 0.25) is 0 Å². The second-order valence-electron chi connectivity index (χ2n) is 7.20. The fourth-order valence-corrected chi connectivity index (χ4v) is 3.49. The third kappa shape index (κ3) is 5.78. The molecular formula is C24H30N2O2. The predicted octanol–water partition coefficient (Wildman–Crippen LogP) is 4.12. The molecule has 0 bridgehead atoms. The number of ketones is 1. The molecule has 0 N–H and O–H groups in total. The highest BCUT2D eigenvalue weighted by Gasteiger charge is 2.18. The molecular weight excluding hydrogens is 348 g/mol. The van der Waals surface area contributed by atoms with Gasteiger partial charge in [-0.3, -0.25) is 14.6 Å². The summed E-state index contributed by atoms with van der Waals surface area (Å²) in [6.45, 7) is 10.2. The van der Waals surface area contributed by atoms with Crippen molar-refractivity contribution in [3.63, 3.8) is 0 Å². The van der Waals surface area contributed by atoms with Crippen molar-refractivity contribution in [2.24, 2.45) is 0 Å². The molecule has 0 aliphatic carbocycles. The number of nitrogens with zero attached hydrogens (tertiary/aromatic N) is 2. The number of piperazine rings is 1. The van der Waals surface area contributed by atoms with Crippen LogP contribution in [0.1, 0.15) is 35.3 Å². The number of carbonyl (C=O) groups excluding carboxylic acids is 1. The Bertz CT molecular complexity index is 794. The fourth-order valence-electron chi connectivity index (χ4n) is 3.49. The van der Waals surface area contributed by atoms with Crippen LogP contribution in [0.25, 0.3) is 6.08 Å². The Balaban J connectivity index is 1.53. The zero-order valence-corrected chi connectivity index (χ0v) is 16.9. The van der Waals surface area contributed by atoms with Crippen LogP contribution in [0.4, 0.5) is 0 Å². The van der Waals surface area contributed by atoms with E-state index in [1.807, 2.05) is 31.2 Å². The fraction of sp³-hybridized carbons (Fsp3) is 0.375. The van der Waals surface area contributed by atoms with E-state index in [0.29, 0.717) is 6.61 Å². The Kier molecular flexibility index (Phi) is 7.40. The largest absolute Gasteiger partial charge is 0.494 e. The first-order valence-electron chi connectivity index (χ1n) is 10.1. The van der Waals surface area contributed by atoms with Gasteiger partial charge in [0.15, 0.2) is 5.78 Å². The summed E-state index contributed by atoms with van der Waals surface area (Å²) in [4.78, 5) is 16.7. The van der Waals surface area contributed by atoms with E-state index in [1.54, 1.807) is 6.92 Å². The smallest absolute Gasteiger partial charge is 0.159 e. The molecule has 0 radical (unpaired) electrons. The molecule has 28 heavy (non-hydrogen) atoms. The molecule has 4 heteroatoms. The third-order valence-corrected chi connectivity index (χ3v) is 5.10. The molecule has 4 nitrogen and oxygen atoms in total. The van der Waals surface area contributed by atoms with Crippen molar-refractivity contribution in [1.29, 1.82) is 0 Å². The van der Waals surface area contributed by atoms with Crippen LogP contribution in [0, 0.1) is 0 Å². The van der Waals surface area contributed by atoms with E-state index in [9.17, 15) is 4.79 Å². The van der Waals surface area contributed by atoms with Gasteiger partial charge in [-0.2, -0.15) is 0 Å². The summed E-state index contributed by atoms with van der Waals surface area (Å²) >= 11 is 0. The van der Waals surface area contributed by atoms with Gasteiger partial charge in [-0.05, 0) is 37.6 Å². The second kappa shape index (κ2) is 10.2. The lowest BCUT2D eigenvalue weighted by molar-refractivity contribution is 0.101. The molecule has 0 saturated carbocycles. The lowest BCUT2D eigenvalue weighted by Gasteiger charge is -2.34. The molecule has 0 atom stereocenters. The van der Waals surface area contributed by atoms with Crippen molar-refractivity contribution in [2.45, 2.75) is 20.4 Å². The molecule has 148 valence electrons. The van der Waals surface area contributed by atoms with Crippen LogP contribution in [0.15, 0.2) is 54.6 Å². The minimum atomic E-state index is 0.0966. The maximum Gasteiger partial charge on any atom is 0.159 e. The van der Waals surface area contributed by atoms with E-state index in [1.165, 1.54) is 5.56 Å². The SMILES string of the molecule is CCOc1ccc(C(C)=O)cc1CN1CCN(C/C=C/c2ccccc2)CC1. The maximum absolute atomic E-state index is 11.7. The molecule has 1 heterocycles.